The van der Waals surface area contributed by atoms with Crippen LogP contribution < -0.4 is 5.32 Å². The molecular weight excluding hydrogens is 370 g/mol. The second-order valence-corrected chi connectivity index (χ2v) is 9.05. The first-order valence-electron chi connectivity index (χ1n) is 9.36. The van der Waals surface area contributed by atoms with Gasteiger partial charge in [-0.25, -0.2) is 8.42 Å². The molecule has 1 aromatic rings. The summed E-state index contributed by atoms with van der Waals surface area (Å²) in [7, 11) is -2.02. The van der Waals surface area contributed by atoms with Crippen LogP contribution in [0.1, 0.15) is 56.4 Å². The fourth-order valence-electron chi connectivity index (χ4n) is 3.37. The van der Waals surface area contributed by atoms with E-state index in [-0.39, 0.29) is 17.1 Å². The zero-order valence-electron chi connectivity index (χ0n) is 16.2. The number of aromatic nitrogens is 1. The van der Waals surface area contributed by atoms with Gasteiger partial charge in [-0.05, 0) is 31.7 Å². The molecule has 0 aromatic carbocycles. The van der Waals surface area contributed by atoms with E-state index in [0.29, 0.717) is 25.9 Å². The van der Waals surface area contributed by atoms with E-state index in [9.17, 15) is 23.1 Å². The molecule has 0 aliphatic carbocycles. The maximum atomic E-state index is 12.8. The minimum Gasteiger partial charge on any atom is -0.481 e. The van der Waals surface area contributed by atoms with Crippen molar-refractivity contribution in [2.45, 2.75) is 50.8 Å². The van der Waals surface area contributed by atoms with Crippen LogP contribution in [0.25, 0.3) is 0 Å². The average Bonchev–Trinajstić information content (AvgIpc) is 3.06. The summed E-state index contributed by atoms with van der Waals surface area (Å²) in [5, 5.41) is 12.1. The number of amides is 1. The monoisotopic (exact) mass is 399 g/mol. The van der Waals surface area contributed by atoms with Crippen molar-refractivity contribution >= 4 is 21.9 Å². The Bertz CT molecular complexity index is 790. The number of nitrogens with one attached hydrogen (secondary N) is 1. The first-order valence-corrected chi connectivity index (χ1v) is 10.8. The number of sulfonamides is 1. The highest BCUT2D eigenvalue weighted by atomic mass is 32.2. The van der Waals surface area contributed by atoms with Gasteiger partial charge in [0.2, 0.25) is 10.0 Å². The van der Waals surface area contributed by atoms with Gasteiger partial charge in [-0.2, -0.15) is 4.31 Å². The number of aliphatic carboxylic acids is 1. The summed E-state index contributed by atoms with van der Waals surface area (Å²) in [6.45, 7) is 4.53. The van der Waals surface area contributed by atoms with Crippen molar-refractivity contribution in [2.24, 2.45) is 12.5 Å². The largest absolute Gasteiger partial charge is 0.481 e. The number of carbonyl (C=O) groups is 2. The highest BCUT2D eigenvalue weighted by Gasteiger charge is 2.35. The number of hydrogen-bond donors (Lipinski definition) is 2. The maximum Gasteiger partial charge on any atom is 0.311 e. The first-order chi connectivity index (χ1) is 12.7. The molecule has 0 saturated carbocycles. The molecule has 0 bridgehead atoms. The molecule has 1 aromatic heterocycles. The molecule has 1 amide bonds. The Labute approximate surface area is 160 Å². The molecule has 1 saturated heterocycles. The number of nitrogens with zero attached hydrogens (tertiary/aromatic N) is 2. The number of piperidine rings is 1. The van der Waals surface area contributed by atoms with Crippen LogP contribution >= 0.6 is 0 Å². The highest BCUT2D eigenvalue weighted by molar-refractivity contribution is 7.89. The lowest BCUT2D eigenvalue weighted by Gasteiger charge is -2.26. The summed E-state index contributed by atoms with van der Waals surface area (Å²) >= 11 is 0. The minimum absolute atomic E-state index is 0.00639. The van der Waals surface area contributed by atoms with Crippen molar-refractivity contribution in [3.63, 3.8) is 0 Å². The summed E-state index contributed by atoms with van der Waals surface area (Å²) < 4.78 is 28.5. The maximum absolute atomic E-state index is 12.8. The third kappa shape index (κ3) is 4.35. The number of carboxylic acid groups (broad SMARTS) is 1. The third-order valence-electron chi connectivity index (χ3n) is 5.56. The molecular formula is C18H29N3O5S. The molecule has 2 rings (SSSR count). The van der Waals surface area contributed by atoms with Crippen molar-refractivity contribution in [1.82, 2.24) is 14.2 Å². The molecule has 2 N–H and O–H groups in total. The van der Waals surface area contributed by atoms with E-state index in [1.165, 1.54) is 21.1 Å². The number of hydrogen-bond acceptors (Lipinski definition) is 4. The Hall–Kier alpha value is -1.87. The van der Waals surface area contributed by atoms with E-state index in [1.807, 2.05) is 0 Å². The van der Waals surface area contributed by atoms with Gasteiger partial charge < -0.3 is 15.0 Å². The quantitative estimate of drug-likeness (QED) is 0.693. The zero-order chi connectivity index (χ0) is 20.2. The van der Waals surface area contributed by atoms with Crippen molar-refractivity contribution in [3.05, 3.63) is 18.0 Å². The van der Waals surface area contributed by atoms with Gasteiger partial charge in [0.05, 0.1) is 5.41 Å². The van der Waals surface area contributed by atoms with Crippen LogP contribution in [0.15, 0.2) is 17.2 Å². The summed E-state index contributed by atoms with van der Waals surface area (Å²) in [4.78, 5) is 24.2. The fourth-order valence-corrected chi connectivity index (χ4v) is 4.96. The number of rotatable bonds is 8. The molecule has 1 fully saturated rings. The predicted molar refractivity (Wildman–Crippen MR) is 101 cm³/mol. The molecule has 0 radical (unpaired) electrons. The van der Waals surface area contributed by atoms with Crippen LogP contribution in [0.3, 0.4) is 0 Å². The van der Waals surface area contributed by atoms with Crippen LogP contribution in [0, 0.1) is 5.41 Å². The van der Waals surface area contributed by atoms with E-state index in [2.05, 4.69) is 5.32 Å². The minimum atomic E-state index is -3.62. The topological polar surface area (TPSA) is 109 Å². The summed E-state index contributed by atoms with van der Waals surface area (Å²) in [6.07, 6.45) is 4.91. The fraction of sp³-hybridized carbons (Fsp3) is 0.667. The van der Waals surface area contributed by atoms with Gasteiger partial charge in [-0.15, -0.1) is 0 Å². The predicted octanol–water partition coefficient (Wildman–Crippen LogP) is 1.82. The molecule has 0 spiro atoms. The van der Waals surface area contributed by atoms with Crippen molar-refractivity contribution in [2.75, 3.05) is 19.6 Å². The highest BCUT2D eigenvalue weighted by Crippen LogP contribution is 2.26. The number of aryl methyl sites for hydroxylation is 1. The van der Waals surface area contributed by atoms with Crippen molar-refractivity contribution < 1.29 is 23.1 Å². The van der Waals surface area contributed by atoms with Gasteiger partial charge in [0, 0.05) is 32.9 Å². The lowest BCUT2D eigenvalue weighted by molar-refractivity contribution is -0.149. The Morgan fingerprint density at radius 2 is 1.78 bits per heavy atom. The van der Waals surface area contributed by atoms with Crippen LogP contribution in [-0.2, 0) is 21.9 Å². The molecule has 152 valence electrons. The van der Waals surface area contributed by atoms with E-state index in [1.54, 1.807) is 20.9 Å². The first kappa shape index (κ1) is 21.4. The second kappa shape index (κ2) is 8.43. The van der Waals surface area contributed by atoms with Gasteiger partial charge >= 0.3 is 5.97 Å². The molecule has 9 heteroatoms. The van der Waals surface area contributed by atoms with E-state index < -0.39 is 27.3 Å². The molecule has 1 aliphatic heterocycles. The van der Waals surface area contributed by atoms with Crippen molar-refractivity contribution in [1.29, 1.82) is 0 Å². The van der Waals surface area contributed by atoms with E-state index >= 15 is 0 Å². The van der Waals surface area contributed by atoms with Gasteiger partial charge in [0.15, 0.2) is 0 Å². The molecule has 27 heavy (non-hydrogen) atoms. The summed E-state index contributed by atoms with van der Waals surface area (Å²) in [5.74, 6) is -1.43. The Kier molecular flexibility index (Phi) is 6.69. The van der Waals surface area contributed by atoms with Crippen LogP contribution in [0.2, 0.25) is 0 Å². The van der Waals surface area contributed by atoms with Gasteiger partial charge in [0.25, 0.3) is 5.91 Å². The van der Waals surface area contributed by atoms with Gasteiger partial charge in [-0.1, -0.05) is 20.3 Å². The average molecular weight is 400 g/mol. The number of carboxylic acids is 1. The number of carbonyl (C=O) groups excluding carboxylic acids is 1. The molecule has 2 heterocycles. The molecule has 0 unspecified atom stereocenters. The van der Waals surface area contributed by atoms with Gasteiger partial charge in [0.1, 0.15) is 10.6 Å². The zero-order valence-corrected chi connectivity index (χ0v) is 17.0. The summed E-state index contributed by atoms with van der Waals surface area (Å²) in [6, 6.07) is 1.36. The SMILES string of the molecule is CCC(CC)(CNC(=O)c1cc(S(=O)(=O)N2CCCCC2)cn1C)C(=O)O. The normalized spacial score (nSPS) is 16.3. The van der Waals surface area contributed by atoms with Crippen molar-refractivity contribution in [3.8, 4) is 0 Å². The Morgan fingerprint density at radius 3 is 2.30 bits per heavy atom. The molecule has 0 atom stereocenters. The lowest BCUT2D eigenvalue weighted by Crippen LogP contribution is -2.42. The molecule has 1 aliphatic rings. The van der Waals surface area contributed by atoms with E-state index in [0.717, 1.165) is 19.3 Å². The third-order valence-corrected chi connectivity index (χ3v) is 7.42. The van der Waals surface area contributed by atoms with E-state index in [4.69, 9.17) is 0 Å². The lowest BCUT2D eigenvalue weighted by atomic mass is 9.82. The van der Waals surface area contributed by atoms with Crippen LogP contribution in [0.4, 0.5) is 0 Å². The Morgan fingerprint density at radius 1 is 1.19 bits per heavy atom. The van der Waals surface area contributed by atoms with Gasteiger partial charge in [-0.3, -0.25) is 9.59 Å². The second-order valence-electron chi connectivity index (χ2n) is 7.11. The standard InChI is InChI=1S/C18H29N3O5S/c1-4-18(5-2,17(23)24)13-19-16(22)15-11-14(12-20(15)3)27(25,26)21-9-7-6-8-10-21/h11-12H,4-10,13H2,1-3H3,(H,19,22)(H,23,24). The molecule has 8 nitrogen and oxygen atoms in total. The van der Waals surface area contributed by atoms with Crippen LogP contribution in [-0.4, -0.2) is 53.9 Å². The summed E-state index contributed by atoms with van der Waals surface area (Å²) in [5.41, 5.74) is -0.833. The smallest absolute Gasteiger partial charge is 0.311 e. The van der Waals surface area contributed by atoms with Crippen LogP contribution in [0.5, 0.6) is 0 Å². The Balaban J connectivity index is 2.18.